The lowest BCUT2D eigenvalue weighted by Gasteiger charge is -2.13. The average Bonchev–Trinajstić information content (AvgIpc) is 3.28. The smallest absolute Gasteiger partial charge is 0.282 e. The Hall–Kier alpha value is -3.92. The molecule has 2 aromatic carbocycles. The second kappa shape index (κ2) is 8.91. The van der Waals surface area contributed by atoms with Gasteiger partial charge >= 0.3 is 0 Å². The lowest BCUT2D eigenvalue weighted by molar-refractivity contribution is -0.113. The molecule has 0 aliphatic carbocycles. The van der Waals surface area contributed by atoms with Crippen LogP contribution in [0.2, 0.25) is 0 Å². The van der Waals surface area contributed by atoms with E-state index >= 15 is 0 Å². The molecule has 2 aromatic heterocycles. The van der Waals surface area contributed by atoms with Gasteiger partial charge in [-0.1, -0.05) is 30.0 Å². The monoisotopic (exact) mass is 461 g/mol. The summed E-state index contributed by atoms with van der Waals surface area (Å²) < 4.78 is 12.3. The van der Waals surface area contributed by atoms with Crippen molar-refractivity contribution in [3.63, 3.8) is 0 Å². The van der Waals surface area contributed by atoms with Gasteiger partial charge in [0.25, 0.3) is 5.56 Å². The number of rotatable bonds is 6. The number of amides is 1. The molecule has 9 nitrogen and oxygen atoms in total. The van der Waals surface area contributed by atoms with E-state index in [0.29, 0.717) is 16.7 Å². The number of hydrogen-bond donors (Lipinski definition) is 1. The van der Waals surface area contributed by atoms with Crippen LogP contribution in [0.3, 0.4) is 0 Å². The highest BCUT2D eigenvalue weighted by molar-refractivity contribution is 7.99. The minimum Gasteiger partial charge on any atom is -0.454 e. The molecule has 4 aromatic rings. The van der Waals surface area contributed by atoms with E-state index in [2.05, 4.69) is 20.3 Å². The Bertz CT molecular complexity index is 1420. The molecule has 5 rings (SSSR count). The molecule has 0 atom stereocenters. The number of thioether (sulfide) groups is 1. The Morgan fingerprint density at radius 3 is 2.85 bits per heavy atom. The molecule has 0 bridgehead atoms. The molecule has 3 heterocycles. The molecule has 0 saturated carbocycles. The Labute approximate surface area is 192 Å². The number of aryl methyl sites for hydroxylation is 1. The van der Waals surface area contributed by atoms with Crippen LogP contribution < -0.4 is 20.3 Å². The molecule has 1 N–H and O–H groups in total. The van der Waals surface area contributed by atoms with Gasteiger partial charge in [-0.05, 0) is 42.3 Å². The quantitative estimate of drug-likeness (QED) is 0.345. The van der Waals surface area contributed by atoms with Crippen molar-refractivity contribution < 1.29 is 14.3 Å². The van der Waals surface area contributed by atoms with Crippen molar-refractivity contribution in [2.24, 2.45) is 0 Å². The summed E-state index contributed by atoms with van der Waals surface area (Å²) >= 11 is 1.17. The molecular formula is C23H19N5O4S. The number of nitrogens with zero attached hydrogens (tertiary/aromatic N) is 4. The van der Waals surface area contributed by atoms with Crippen LogP contribution in [0, 0.1) is 6.92 Å². The highest BCUT2D eigenvalue weighted by atomic mass is 32.2. The molecule has 0 fully saturated rings. The van der Waals surface area contributed by atoms with E-state index in [1.807, 2.05) is 43.3 Å². The van der Waals surface area contributed by atoms with Crippen LogP contribution in [0.4, 0.5) is 5.69 Å². The molecule has 0 spiro atoms. The molecule has 166 valence electrons. The number of carbonyl (C=O) groups excluding carboxylic acids is 1. The number of carbonyl (C=O) groups is 1. The number of hydrogen-bond acceptors (Lipinski definition) is 8. The maximum Gasteiger partial charge on any atom is 0.282 e. The van der Waals surface area contributed by atoms with Crippen LogP contribution in [-0.2, 0) is 11.3 Å². The molecule has 1 aliphatic heterocycles. The molecule has 1 aliphatic rings. The van der Waals surface area contributed by atoms with E-state index in [9.17, 15) is 9.59 Å². The number of aromatic nitrogens is 4. The predicted octanol–water partition coefficient (Wildman–Crippen LogP) is 3.00. The molecule has 0 saturated heterocycles. The zero-order valence-electron chi connectivity index (χ0n) is 17.6. The van der Waals surface area contributed by atoms with Crippen LogP contribution in [0.15, 0.2) is 64.8 Å². The van der Waals surface area contributed by atoms with Crippen molar-refractivity contribution in [1.82, 2.24) is 19.5 Å². The Kier molecular flexibility index (Phi) is 5.66. The molecule has 10 heteroatoms. The van der Waals surface area contributed by atoms with Gasteiger partial charge in [0.2, 0.25) is 12.7 Å². The number of fused-ring (bicyclic) bond motifs is 2. The van der Waals surface area contributed by atoms with Gasteiger partial charge in [-0.15, -0.1) is 0 Å². The molecule has 0 radical (unpaired) electrons. The lowest BCUT2D eigenvalue weighted by atomic mass is 10.2. The number of nitrogens with one attached hydrogen (secondary N) is 1. The van der Waals surface area contributed by atoms with Crippen LogP contribution in [-0.4, -0.2) is 38.0 Å². The van der Waals surface area contributed by atoms with Crippen LogP contribution in [0.1, 0.15) is 11.1 Å². The first kappa shape index (κ1) is 21.0. The van der Waals surface area contributed by atoms with Crippen LogP contribution in [0.5, 0.6) is 11.5 Å². The van der Waals surface area contributed by atoms with E-state index in [1.165, 1.54) is 28.7 Å². The fraction of sp³-hybridized carbons (Fsp3) is 0.174. The van der Waals surface area contributed by atoms with Crippen molar-refractivity contribution in [1.29, 1.82) is 0 Å². The summed E-state index contributed by atoms with van der Waals surface area (Å²) in [6.45, 7) is 2.36. The zero-order valence-corrected chi connectivity index (χ0v) is 18.5. The molecular weight excluding hydrogens is 442 g/mol. The first-order valence-corrected chi connectivity index (χ1v) is 11.1. The summed E-state index contributed by atoms with van der Waals surface area (Å²) in [6.07, 6.45) is 2.94. The second-order valence-corrected chi connectivity index (χ2v) is 8.35. The SMILES string of the molecule is Cc1cccc(NC(=O)CSc2nc3nccnc3c(=O)n2Cc2ccc3c(c2)OCO3)c1. The number of ether oxygens (including phenoxy) is 2. The normalized spacial score (nSPS) is 12.2. The van der Waals surface area contributed by atoms with Gasteiger partial charge in [0, 0.05) is 18.1 Å². The van der Waals surface area contributed by atoms with Crippen molar-refractivity contribution in [2.45, 2.75) is 18.6 Å². The van der Waals surface area contributed by atoms with Crippen LogP contribution >= 0.6 is 11.8 Å². The standard InChI is InChI=1S/C23H19N5O4S/c1-14-3-2-4-16(9-14)26-19(29)12-33-23-27-21-20(24-7-8-25-21)22(30)28(23)11-15-5-6-17-18(10-15)32-13-31-17/h2-10H,11-13H2,1H3,(H,26,29). The van der Waals surface area contributed by atoms with Gasteiger partial charge in [-0.3, -0.25) is 14.2 Å². The van der Waals surface area contributed by atoms with Crippen molar-refractivity contribution >= 4 is 34.5 Å². The first-order chi connectivity index (χ1) is 16.1. The summed E-state index contributed by atoms with van der Waals surface area (Å²) in [5.74, 6) is 1.17. The fourth-order valence-electron chi connectivity index (χ4n) is 3.45. The third kappa shape index (κ3) is 4.51. The maximum absolute atomic E-state index is 13.2. The molecule has 33 heavy (non-hydrogen) atoms. The fourth-order valence-corrected chi connectivity index (χ4v) is 4.24. The predicted molar refractivity (Wildman–Crippen MR) is 124 cm³/mol. The van der Waals surface area contributed by atoms with E-state index in [-0.39, 0.29) is 41.7 Å². The number of anilines is 1. The Morgan fingerprint density at radius 2 is 1.97 bits per heavy atom. The average molecular weight is 462 g/mol. The van der Waals surface area contributed by atoms with Crippen molar-refractivity contribution in [3.05, 3.63) is 76.3 Å². The lowest BCUT2D eigenvalue weighted by Crippen LogP contribution is -2.25. The van der Waals surface area contributed by atoms with E-state index < -0.39 is 0 Å². The van der Waals surface area contributed by atoms with Gasteiger partial charge in [0.05, 0.1) is 12.3 Å². The molecule has 0 unspecified atom stereocenters. The zero-order chi connectivity index (χ0) is 22.8. The number of benzene rings is 2. The van der Waals surface area contributed by atoms with Gasteiger partial charge in [0.15, 0.2) is 27.8 Å². The van der Waals surface area contributed by atoms with Gasteiger partial charge in [-0.25, -0.2) is 15.0 Å². The first-order valence-electron chi connectivity index (χ1n) is 10.2. The largest absolute Gasteiger partial charge is 0.454 e. The maximum atomic E-state index is 13.2. The molecule has 1 amide bonds. The van der Waals surface area contributed by atoms with Crippen LogP contribution in [0.25, 0.3) is 11.2 Å². The summed E-state index contributed by atoms with van der Waals surface area (Å²) in [5, 5.41) is 3.25. The van der Waals surface area contributed by atoms with Crippen molar-refractivity contribution in [3.8, 4) is 11.5 Å². The highest BCUT2D eigenvalue weighted by Gasteiger charge is 2.18. The summed E-state index contributed by atoms with van der Waals surface area (Å²) in [5.41, 5.74) is 2.69. The summed E-state index contributed by atoms with van der Waals surface area (Å²) in [7, 11) is 0. The van der Waals surface area contributed by atoms with E-state index in [4.69, 9.17) is 9.47 Å². The van der Waals surface area contributed by atoms with Crippen molar-refractivity contribution in [2.75, 3.05) is 17.9 Å². The topological polar surface area (TPSA) is 108 Å². The van der Waals surface area contributed by atoms with Gasteiger partial charge in [0.1, 0.15) is 0 Å². The summed E-state index contributed by atoms with van der Waals surface area (Å²) in [4.78, 5) is 38.6. The minimum atomic E-state index is -0.327. The minimum absolute atomic E-state index is 0.0767. The van der Waals surface area contributed by atoms with E-state index in [0.717, 1.165) is 16.8 Å². The second-order valence-electron chi connectivity index (χ2n) is 7.41. The van der Waals surface area contributed by atoms with Gasteiger partial charge in [-0.2, -0.15) is 0 Å². The summed E-state index contributed by atoms with van der Waals surface area (Å²) in [6, 6.07) is 13.0. The Balaban J connectivity index is 1.43. The van der Waals surface area contributed by atoms with E-state index in [1.54, 1.807) is 6.07 Å². The third-order valence-corrected chi connectivity index (χ3v) is 5.95. The van der Waals surface area contributed by atoms with Gasteiger partial charge < -0.3 is 14.8 Å². The Morgan fingerprint density at radius 1 is 1.12 bits per heavy atom. The third-order valence-electron chi connectivity index (χ3n) is 4.97. The highest BCUT2D eigenvalue weighted by Crippen LogP contribution is 2.33.